The number of carboxylic acid groups (broad SMARTS) is 1. The van der Waals surface area contributed by atoms with Crippen LogP contribution in [0.25, 0.3) is 0 Å². The normalized spacial score (nSPS) is 11.6. The van der Waals surface area contributed by atoms with E-state index in [0.29, 0.717) is 4.48 Å². The van der Waals surface area contributed by atoms with E-state index in [9.17, 15) is 9.90 Å². The predicted molar refractivity (Wildman–Crippen MR) is 208 cm³/mol. The van der Waals surface area contributed by atoms with E-state index in [-0.39, 0.29) is 6.54 Å². The fourth-order valence-corrected chi connectivity index (χ4v) is 6.52. The summed E-state index contributed by atoms with van der Waals surface area (Å²) < 4.78 is 0.503. The Morgan fingerprint density at radius 1 is 0.489 bits per heavy atom. The lowest BCUT2D eigenvalue weighted by Crippen LogP contribution is -2.44. The molecule has 0 unspecified atom stereocenters. The molecule has 0 fully saturated rings. The van der Waals surface area contributed by atoms with Gasteiger partial charge in [-0.25, -0.2) is 4.79 Å². The molecule has 0 saturated heterocycles. The summed E-state index contributed by atoms with van der Waals surface area (Å²) in [6.07, 6.45) is 33.9. The van der Waals surface area contributed by atoms with Gasteiger partial charge in [0.15, 0.2) is 6.54 Å². The maximum atomic E-state index is 11.2. The first-order chi connectivity index (χ1) is 22.9. The molecule has 1 aromatic carbocycles. The topological polar surface area (TPSA) is 73.4 Å². The number of quaternary nitrogens is 1. The fourth-order valence-electron chi connectivity index (χ4n) is 6.52. The van der Waals surface area contributed by atoms with E-state index in [1.54, 1.807) is 0 Å². The van der Waals surface area contributed by atoms with Crippen molar-refractivity contribution in [2.75, 3.05) is 62.8 Å². The van der Waals surface area contributed by atoms with Gasteiger partial charge in [0.25, 0.3) is 0 Å². The van der Waals surface area contributed by atoms with Gasteiger partial charge in [-0.05, 0) is 31.0 Å². The molecule has 0 amide bonds. The molecule has 0 radical (unpaired) electrons. The van der Waals surface area contributed by atoms with Crippen LogP contribution in [-0.4, -0.2) is 62.4 Å². The van der Waals surface area contributed by atoms with Gasteiger partial charge in [-0.1, -0.05) is 155 Å². The molecule has 1 aromatic rings. The average Bonchev–Trinajstić information content (AvgIpc) is 3.03. The van der Waals surface area contributed by atoms with Gasteiger partial charge in [-0.2, -0.15) is 0 Å². The molecule has 47 heavy (non-hydrogen) atoms. The van der Waals surface area contributed by atoms with Gasteiger partial charge in [0.05, 0.1) is 20.6 Å². The molecular formula is C41H79N4O2+. The third-order valence-electron chi connectivity index (χ3n) is 9.48. The Labute approximate surface area is 292 Å². The van der Waals surface area contributed by atoms with Crippen molar-refractivity contribution in [3.8, 4) is 0 Å². The van der Waals surface area contributed by atoms with E-state index >= 15 is 0 Å². The quantitative estimate of drug-likeness (QED) is 0.0431. The number of unbranched alkanes of at least 4 members (excludes halogenated alkanes) is 22. The number of carbonyl (C=O) groups is 1. The number of rotatable bonds is 35. The molecule has 274 valence electrons. The second kappa shape index (κ2) is 30.1. The number of hydrogen-bond donors (Lipinski definition) is 4. The standard InChI is InChI=1S/C41H78N4O2/c1-5-7-9-11-13-15-17-19-21-23-25-27-30-42-38-34-39(36-40(35-38)44-32-29-33-45(3,4)37-41(46)47)43-31-28-26-24-22-20-18-16-14-12-10-8-6-2/h34-36,42-44H,5-33,37H2,1-4H3/p+1. The highest BCUT2D eigenvalue weighted by Crippen LogP contribution is 2.24. The van der Waals surface area contributed by atoms with Gasteiger partial charge in [0, 0.05) is 43.1 Å². The van der Waals surface area contributed by atoms with E-state index in [1.807, 2.05) is 14.1 Å². The van der Waals surface area contributed by atoms with Crippen LogP contribution in [-0.2, 0) is 4.79 Å². The van der Waals surface area contributed by atoms with Crippen molar-refractivity contribution in [1.82, 2.24) is 0 Å². The highest BCUT2D eigenvalue weighted by atomic mass is 16.4. The average molecular weight is 660 g/mol. The first-order valence-corrected chi connectivity index (χ1v) is 20.3. The molecule has 0 aliphatic carbocycles. The van der Waals surface area contributed by atoms with Crippen molar-refractivity contribution >= 4 is 23.0 Å². The van der Waals surface area contributed by atoms with E-state index in [1.165, 1.54) is 165 Å². The number of aliphatic carboxylic acids is 1. The van der Waals surface area contributed by atoms with Crippen molar-refractivity contribution in [1.29, 1.82) is 0 Å². The minimum atomic E-state index is -0.737. The van der Waals surface area contributed by atoms with Crippen LogP contribution in [0.2, 0.25) is 0 Å². The molecular weight excluding hydrogens is 580 g/mol. The van der Waals surface area contributed by atoms with E-state index in [2.05, 4.69) is 48.0 Å². The zero-order valence-corrected chi connectivity index (χ0v) is 31.7. The van der Waals surface area contributed by atoms with Crippen LogP contribution in [0, 0.1) is 0 Å². The molecule has 0 bridgehead atoms. The van der Waals surface area contributed by atoms with Gasteiger partial charge in [-0.15, -0.1) is 0 Å². The lowest BCUT2D eigenvalue weighted by atomic mass is 10.1. The number of benzene rings is 1. The van der Waals surface area contributed by atoms with Gasteiger partial charge in [-0.3, -0.25) is 0 Å². The number of anilines is 3. The third-order valence-corrected chi connectivity index (χ3v) is 9.48. The zero-order chi connectivity index (χ0) is 34.3. The summed E-state index contributed by atoms with van der Waals surface area (Å²) >= 11 is 0. The largest absolute Gasteiger partial charge is 0.477 e. The molecule has 0 spiro atoms. The molecule has 0 aliphatic heterocycles. The zero-order valence-electron chi connectivity index (χ0n) is 31.7. The molecule has 6 heteroatoms. The van der Waals surface area contributed by atoms with Gasteiger partial charge < -0.3 is 25.5 Å². The Hall–Kier alpha value is -1.95. The fraction of sp³-hybridized carbons (Fsp3) is 0.829. The maximum Gasteiger partial charge on any atom is 0.359 e. The Morgan fingerprint density at radius 3 is 1.06 bits per heavy atom. The maximum absolute atomic E-state index is 11.2. The number of hydrogen-bond acceptors (Lipinski definition) is 4. The summed E-state index contributed by atoms with van der Waals surface area (Å²) in [6, 6.07) is 6.72. The van der Waals surface area contributed by atoms with Gasteiger partial charge >= 0.3 is 5.97 Å². The van der Waals surface area contributed by atoms with Crippen LogP contribution in [0.3, 0.4) is 0 Å². The Bertz CT molecular complexity index is 812. The SMILES string of the molecule is CCCCCCCCCCCCCCNc1cc(NCCCCCCCCCCCCCC)cc(NCCC[N+](C)(C)CC(=O)O)c1. The number of carboxylic acids is 1. The summed E-state index contributed by atoms with van der Waals surface area (Å²) in [6.45, 7) is 8.43. The van der Waals surface area contributed by atoms with Gasteiger partial charge in [0.2, 0.25) is 0 Å². The summed E-state index contributed by atoms with van der Waals surface area (Å²) in [5.74, 6) is -0.737. The van der Waals surface area contributed by atoms with Crippen LogP contribution in [0.15, 0.2) is 18.2 Å². The molecule has 4 N–H and O–H groups in total. The first-order valence-electron chi connectivity index (χ1n) is 20.3. The lowest BCUT2D eigenvalue weighted by molar-refractivity contribution is -0.883. The van der Waals surface area contributed by atoms with E-state index in [0.717, 1.165) is 38.3 Å². The van der Waals surface area contributed by atoms with Gasteiger partial charge in [0.1, 0.15) is 0 Å². The van der Waals surface area contributed by atoms with E-state index < -0.39 is 5.97 Å². The minimum absolute atomic E-state index is 0.158. The van der Waals surface area contributed by atoms with Crippen LogP contribution in [0.5, 0.6) is 0 Å². The molecule has 6 nitrogen and oxygen atoms in total. The lowest BCUT2D eigenvalue weighted by Gasteiger charge is -2.27. The van der Waals surface area contributed by atoms with Crippen molar-refractivity contribution < 1.29 is 14.4 Å². The molecule has 0 atom stereocenters. The van der Waals surface area contributed by atoms with Crippen molar-refractivity contribution in [3.05, 3.63) is 18.2 Å². The van der Waals surface area contributed by atoms with Crippen molar-refractivity contribution in [2.24, 2.45) is 0 Å². The summed E-state index contributed by atoms with van der Waals surface area (Å²) in [5, 5.41) is 20.2. The first kappa shape index (κ1) is 43.1. The smallest absolute Gasteiger partial charge is 0.359 e. The third kappa shape index (κ3) is 27.7. The number of likely N-dealkylation sites (N-methyl/N-ethyl adjacent to an activating group) is 1. The minimum Gasteiger partial charge on any atom is -0.477 e. The molecule has 1 rings (SSSR count). The molecule has 0 saturated carbocycles. The Balaban J connectivity index is 2.38. The van der Waals surface area contributed by atoms with Crippen molar-refractivity contribution in [3.63, 3.8) is 0 Å². The monoisotopic (exact) mass is 660 g/mol. The molecule has 0 heterocycles. The summed E-state index contributed by atoms with van der Waals surface area (Å²) in [7, 11) is 3.98. The van der Waals surface area contributed by atoms with Crippen LogP contribution < -0.4 is 16.0 Å². The van der Waals surface area contributed by atoms with Crippen LogP contribution >= 0.6 is 0 Å². The second-order valence-corrected chi connectivity index (χ2v) is 14.9. The number of nitrogens with zero attached hydrogens (tertiary/aromatic N) is 1. The highest BCUT2D eigenvalue weighted by Gasteiger charge is 2.18. The summed E-state index contributed by atoms with van der Waals surface area (Å²) in [5.41, 5.74) is 3.49. The van der Waals surface area contributed by atoms with Crippen molar-refractivity contribution in [2.45, 2.75) is 174 Å². The van der Waals surface area contributed by atoms with E-state index in [4.69, 9.17) is 0 Å². The Morgan fingerprint density at radius 2 is 0.766 bits per heavy atom. The van der Waals surface area contributed by atoms with Crippen LogP contribution in [0.4, 0.5) is 17.1 Å². The second-order valence-electron chi connectivity index (χ2n) is 14.9. The van der Waals surface area contributed by atoms with Crippen LogP contribution in [0.1, 0.15) is 174 Å². The Kier molecular flexibility index (Phi) is 27.6. The molecule has 0 aromatic heterocycles. The summed E-state index contributed by atoms with van der Waals surface area (Å²) in [4.78, 5) is 11.2. The molecule has 0 aliphatic rings. The highest BCUT2D eigenvalue weighted by molar-refractivity contribution is 5.68. The number of nitrogens with one attached hydrogen (secondary N) is 3. The predicted octanol–water partition coefficient (Wildman–Crippen LogP) is 11.9.